The van der Waals surface area contributed by atoms with Crippen LogP contribution >= 0.6 is 0 Å². The van der Waals surface area contributed by atoms with Gasteiger partial charge in [0.05, 0.1) is 22.4 Å². The zero-order chi connectivity index (χ0) is 16.5. The standard InChI is InChI=1S/C18H17FN4O/c19-15-10-14(2-4-17(15)22-7-5-20-6-8-22)23-12-21-16-3-1-13(11-24)9-18(16)23/h1-4,9-12,20H,5-8H2. The Morgan fingerprint density at radius 1 is 1.12 bits per heavy atom. The first-order valence-corrected chi connectivity index (χ1v) is 7.94. The fourth-order valence-corrected chi connectivity index (χ4v) is 3.11. The molecule has 2 aromatic carbocycles. The van der Waals surface area contributed by atoms with Gasteiger partial charge in [0.2, 0.25) is 0 Å². The van der Waals surface area contributed by atoms with Crippen molar-refractivity contribution in [3.63, 3.8) is 0 Å². The third-order valence-electron chi connectivity index (χ3n) is 4.37. The molecule has 6 heteroatoms. The van der Waals surface area contributed by atoms with E-state index >= 15 is 0 Å². The summed E-state index contributed by atoms with van der Waals surface area (Å²) < 4.78 is 16.4. The minimum Gasteiger partial charge on any atom is -0.367 e. The summed E-state index contributed by atoms with van der Waals surface area (Å²) in [5, 5.41) is 3.26. The summed E-state index contributed by atoms with van der Waals surface area (Å²) in [5.74, 6) is -0.247. The quantitative estimate of drug-likeness (QED) is 0.752. The van der Waals surface area contributed by atoms with Crippen LogP contribution in [0.5, 0.6) is 0 Å². The number of anilines is 1. The molecule has 122 valence electrons. The molecule has 4 rings (SSSR count). The van der Waals surface area contributed by atoms with Crippen molar-refractivity contribution in [3.05, 3.63) is 54.1 Å². The summed E-state index contributed by atoms with van der Waals surface area (Å²) in [6.07, 6.45) is 2.45. The molecule has 1 N–H and O–H groups in total. The van der Waals surface area contributed by atoms with Gasteiger partial charge < -0.3 is 10.2 Å². The number of carbonyl (C=O) groups excluding carboxylic acids is 1. The number of piperazine rings is 1. The molecule has 1 aliphatic rings. The number of rotatable bonds is 3. The topological polar surface area (TPSA) is 50.2 Å². The number of aromatic nitrogens is 2. The van der Waals surface area contributed by atoms with Gasteiger partial charge in [0, 0.05) is 37.8 Å². The summed E-state index contributed by atoms with van der Waals surface area (Å²) in [5.41, 5.74) is 3.44. The van der Waals surface area contributed by atoms with Crippen molar-refractivity contribution < 1.29 is 9.18 Å². The van der Waals surface area contributed by atoms with Crippen LogP contribution in [0.3, 0.4) is 0 Å². The number of nitrogens with zero attached hydrogens (tertiary/aromatic N) is 3. The highest BCUT2D eigenvalue weighted by molar-refractivity contribution is 5.86. The number of hydrogen-bond acceptors (Lipinski definition) is 4. The molecular weight excluding hydrogens is 307 g/mol. The summed E-state index contributed by atoms with van der Waals surface area (Å²) in [6, 6.07) is 10.5. The highest BCUT2D eigenvalue weighted by Gasteiger charge is 2.15. The Hall–Kier alpha value is -2.73. The average Bonchev–Trinajstić information content (AvgIpc) is 3.05. The van der Waals surface area contributed by atoms with Gasteiger partial charge in [-0.05, 0) is 30.3 Å². The van der Waals surface area contributed by atoms with E-state index in [9.17, 15) is 9.18 Å². The van der Waals surface area contributed by atoms with Crippen molar-refractivity contribution in [3.8, 4) is 5.69 Å². The number of fused-ring (bicyclic) bond motifs is 1. The highest BCUT2D eigenvalue weighted by Crippen LogP contribution is 2.25. The van der Waals surface area contributed by atoms with E-state index in [1.165, 1.54) is 6.07 Å². The fraction of sp³-hybridized carbons (Fsp3) is 0.222. The van der Waals surface area contributed by atoms with Gasteiger partial charge in [0.25, 0.3) is 0 Å². The van der Waals surface area contributed by atoms with E-state index in [2.05, 4.69) is 10.3 Å². The number of nitrogens with one attached hydrogen (secondary N) is 1. The maximum absolute atomic E-state index is 14.6. The lowest BCUT2D eigenvalue weighted by atomic mass is 10.2. The predicted octanol–water partition coefficient (Wildman–Crippen LogP) is 2.39. The molecule has 1 aromatic heterocycles. The second-order valence-corrected chi connectivity index (χ2v) is 5.85. The molecule has 5 nitrogen and oxygen atoms in total. The highest BCUT2D eigenvalue weighted by atomic mass is 19.1. The van der Waals surface area contributed by atoms with Gasteiger partial charge in [-0.1, -0.05) is 0 Å². The molecule has 1 fully saturated rings. The van der Waals surface area contributed by atoms with E-state index in [1.54, 1.807) is 29.1 Å². The van der Waals surface area contributed by atoms with Crippen LogP contribution in [-0.4, -0.2) is 42.0 Å². The molecule has 1 aliphatic heterocycles. The third-order valence-corrected chi connectivity index (χ3v) is 4.37. The summed E-state index contributed by atoms with van der Waals surface area (Å²) in [6.45, 7) is 3.32. The van der Waals surface area contributed by atoms with Gasteiger partial charge in [0.1, 0.15) is 18.4 Å². The van der Waals surface area contributed by atoms with Crippen LogP contribution in [0.2, 0.25) is 0 Å². The number of carbonyl (C=O) groups is 1. The molecule has 0 spiro atoms. The number of hydrogen-bond donors (Lipinski definition) is 1. The van der Waals surface area contributed by atoms with Crippen molar-refractivity contribution >= 4 is 23.0 Å². The van der Waals surface area contributed by atoms with Gasteiger partial charge in [0.15, 0.2) is 0 Å². The monoisotopic (exact) mass is 324 g/mol. The second kappa shape index (κ2) is 6.05. The number of halogens is 1. The fourth-order valence-electron chi connectivity index (χ4n) is 3.11. The molecule has 24 heavy (non-hydrogen) atoms. The van der Waals surface area contributed by atoms with Crippen LogP contribution in [0, 0.1) is 5.82 Å². The normalized spacial score (nSPS) is 15.0. The zero-order valence-corrected chi connectivity index (χ0v) is 13.1. The number of benzene rings is 2. The van der Waals surface area contributed by atoms with Crippen molar-refractivity contribution in [1.29, 1.82) is 0 Å². The van der Waals surface area contributed by atoms with Crippen LogP contribution < -0.4 is 10.2 Å². The van der Waals surface area contributed by atoms with Crippen LogP contribution in [0.15, 0.2) is 42.7 Å². The second-order valence-electron chi connectivity index (χ2n) is 5.85. The lowest BCUT2D eigenvalue weighted by Gasteiger charge is -2.29. The largest absolute Gasteiger partial charge is 0.367 e. The summed E-state index contributed by atoms with van der Waals surface area (Å²) in [4.78, 5) is 17.4. The van der Waals surface area contributed by atoms with E-state index in [4.69, 9.17) is 0 Å². The Balaban J connectivity index is 1.74. The van der Waals surface area contributed by atoms with Crippen LogP contribution in [0.1, 0.15) is 10.4 Å². The molecule has 3 aromatic rings. The molecule has 0 aliphatic carbocycles. The Bertz CT molecular complexity index is 899. The molecule has 1 saturated heterocycles. The molecule has 0 unspecified atom stereocenters. The minimum atomic E-state index is -0.247. The SMILES string of the molecule is O=Cc1ccc2ncn(-c3ccc(N4CCNCC4)c(F)c3)c2c1. The van der Waals surface area contributed by atoms with Crippen LogP contribution in [-0.2, 0) is 0 Å². The van der Waals surface area contributed by atoms with Gasteiger partial charge in [-0.15, -0.1) is 0 Å². The first-order valence-electron chi connectivity index (χ1n) is 7.94. The Labute approximate surface area is 138 Å². The van der Waals surface area contributed by atoms with Crippen LogP contribution in [0.25, 0.3) is 16.7 Å². The van der Waals surface area contributed by atoms with Gasteiger partial charge >= 0.3 is 0 Å². The molecule has 0 saturated carbocycles. The molecule has 0 atom stereocenters. The molecule has 2 heterocycles. The van der Waals surface area contributed by atoms with E-state index in [0.29, 0.717) is 16.9 Å². The third kappa shape index (κ3) is 2.55. The van der Waals surface area contributed by atoms with E-state index in [-0.39, 0.29) is 5.82 Å². The number of imidazole rings is 1. The summed E-state index contributed by atoms with van der Waals surface area (Å²) in [7, 11) is 0. The molecule has 0 radical (unpaired) electrons. The first kappa shape index (κ1) is 14.8. The predicted molar refractivity (Wildman–Crippen MR) is 91.5 cm³/mol. The minimum absolute atomic E-state index is 0.247. The molecule has 0 amide bonds. The van der Waals surface area contributed by atoms with Crippen molar-refractivity contribution in [1.82, 2.24) is 14.9 Å². The molecule has 0 bridgehead atoms. The Morgan fingerprint density at radius 2 is 1.96 bits per heavy atom. The van der Waals surface area contributed by atoms with E-state index < -0.39 is 0 Å². The summed E-state index contributed by atoms with van der Waals surface area (Å²) >= 11 is 0. The lowest BCUT2D eigenvalue weighted by molar-refractivity contribution is 0.112. The van der Waals surface area contributed by atoms with E-state index in [0.717, 1.165) is 43.5 Å². The van der Waals surface area contributed by atoms with E-state index in [1.807, 2.05) is 17.0 Å². The Kier molecular flexibility index (Phi) is 3.74. The van der Waals surface area contributed by atoms with Crippen molar-refractivity contribution in [2.24, 2.45) is 0 Å². The van der Waals surface area contributed by atoms with Crippen molar-refractivity contribution in [2.75, 3.05) is 31.1 Å². The van der Waals surface area contributed by atoms with Gasteiger partial charge in [-0.25, -0.2) is 9.37 Å². The van der Waals surface area contributed by atoms with Gasteiger partial charge in [-0.2, -0.15) is 0 Å². The van der Waals surface area contributed by atoms with Crippen molar-refractivity contribution in [2.45, 2.75) is 0 Å². The first-order chi connectivity index (χ1) is 11.8. The average molecular weight is 324 g/mol. The number of aldehydes is 1. The molecular formula is C18H17FN4O. The zero-order valence-electron chi connectivity index (χ0n) is 13.1. The van der Waals surface area contributed by atoms with Crippen LogP contribution in [0.4, 0.5) is 10.1 Å². The lowest BCUT2D eigenvalue weighted by Crippen LogP contribution is -2.43. The maximum atomic E-state index is 14.6. The van der Waals surface area contributed by atoms with Gasteiger partial charge in [-0.3, -0.25) is 9.36 Å². The smallest absolute Gasteiger partial charge is 0.150 e. The maximum Gasteiger partial charge on any atom is 0.150 e. The Morgan fingerprint density at radius 3 is 2.71 bits per heavy atom.